The van der Waals surface area contributed by atoms with Crippen LogP contribution in [0, 0.1) is 0 Å². The molecular formula is C15H23N3O2S. The molecule has 5 nitrogen and oxygen atoms in total. The zero-order chi connectivity index (χ0) is 14.9. The molecule has 2 aliphatic carbocycles. The second kappa shape index (κ2) is 5.94. The molecule has 0 aliphatic heterocycles. The summed E-state index contributed by atoms with van der Waals surface area (Å²) in [5.74, 6) is 0. The molecule has 0 aromatic heterocycles. The Bertz CT molecular complexity index is 595. The summed E-state index contributed by atoms with van der Waals surface area (Å²) < 4.78 is 27.5. The Hall–Kier alpha value is -1.11. The second-order valence-electron chi connectivity index (χ2n) is 6.03. The van der Waals surface area contributed by atoms with Crippen LogP contribution in [0.1, 0.15) is 25.7 Å². The number of para-hydroxylation sites is 1. The molecule has 0 saturated heterocycles. The highest BCUT2D eigenvalue weighted by atomic mass is 32.2. The molecule has 21 heavy (non-hydrogen) atoms. The molecule has 0 atom stereocenters. The van der Waals surface area contributed by atoms with Gasteiger partial charge in [-0.15, -0.1) is 0 Å². The maximum absolute atomic E-state index is 12.4. The van der Waals surface area contributed by atoms with Gasteiger partial charge in [0.2, 0.25) is 10.0 Å². The number of nitrogens with one attached hydrogen (secondary N) is 2. The molecule has 0 spiro atoms. The van der Waals surface area contributed by atoms with Crippen molar-refractivity contribution in [3.05, 3.63) is 24.3 Å². The molecule has 0 amide bonds. The highest BCUT2D eigenvalue weighted by Gasteiger charge is 2.29. The van der Waals surface area contributed by atoms with Crippen LogP contribution in [0.2, 0.25) is 0 Å². The van der Waals surface area contributed by atoms with Crippen molar-refractivity contribution in [3.63, 3.8) is 0 Å². The van der Waals surface area contributed by atoms with E-state index >= 15 is 0 Å². The van der Waals surface area contributed by atoms with Gasteiger partial charge in [0.1, 0.15) is 4.90 Å². The standard InChI is InChI=1S/C15H23N3O2S/c1-18(13-8-9-13)11-10-16-14-4-2-3-5-15(14)21(19,20)17-12-6-7-12/h2-5,12-13,16-17H,6-11H2,1H3. The third-order valence-electron chi connectivity index (χ3n) is 4.03. The van der Waals surface area contributed by atoms with Crippen molar-refractivity contribution in [2.75, 3.05) is 25.5 Å². The quantitative estimate of drug-likeness (QED) is 0.766. The van der Waals surface area contributed by atoms with E-state index in [-0.39, 0.29) is 6.04 Å². The van der Waals surface area contributed by atoms with Crippen LogP contribution in [-0.2, 0) is 10.0 Å². The minimum absolute atomic E-state index is 0.129. The number of hydrogen-bond acceptors (Lipinski definition) is 4. The normalized spacial score (nSPS) is 19.0. The number of nitrogens with zero attached hydrogens (tertiary/aromatic N) is 1. The van der Waals surface area contributed by atoms with E-state index in [0.717, 1.165) is 32.0 Å². The van der Waals surface area contributed by atoms with E-state index in [1.54, 1.807) is 12.1 Å². The molecule has 0 bridgehead atoms. The molecule has 0 radical (unpaired) electrons. The average Bonchev–Trinajstić information content (AvgIpc) is 3.32. The lowest BCUT2D eigenvalue weighted by molar-refractivity contribution is 0.337. The van der Waals surface area contributed by atoms with Crippen LogP contribution in [0.5, 0.6) is 0 Å². The molecule has 3 rings (SSSR count). The van der Waals surface area contributed by atoms with Crippen molar-refractivity contribution in [1.82, 2.24) is 9.62 Å². The van der Waals surface area contributed by atoms with Gasteiger partial charge in [0.05, 0.1) is 5.69 Å². The van der Waals surface area contributed by atoms with Gasteiger partial charge in [-0.2, -0.15) is 0 Å². The summed E-state index contributed by atoms with van der Waals surface area (Å²) in [6.45, 7) is 1.68. The Morgan fingerprint density at radius 3 is 2.57 bits per heavy atom. The predicted octanol–water partition coefficient (Wildman–Crippen LogP) is 1.63. The molecule has 1 aromatic rings. The van der Waals surface area contributed by atoms with Gasteiger partial charge in [0.15, 0.2) is 0 Å². The van der Waals surface area contributed by atoms with E-state index in [0.29, 0.717) is 10.6 Å². The van der Waals surface area contributed by atoms with Crippen molar-refractivity contribution in [2.45, 2.75) is 42.7 Å². The number of hydrogen-bond donors (Lipinski definition) is 2. The summed E-state index contributed by atoms with van der Waals surface area (Å²) in [5, 5.41) is 3.27. The SMILES string of the molecule is CN(CCNc1ccccc1S(=O)(=O)NC1CC1)C1CC1. The molecular weight excluding hydrogens is 286 g/mol. The smallest absolute Gasteiger partial charge is 0.242 e. The minimum atomic E-state index is -3.41. The number of anilines is 1. The molecule has 0 unspecified atom stereocenters. The van der Waals surface area contributed by atoms with Crippen LogP contribution < -0.4 is 10.0 Å². The lowest BCUT2D eigenvalue weighted by Gasteiger charge is -2.17. The van der Waals surface area contributed by atoms with E-state index in [4.69, 9.17) is 0 Å². The lowest BCUT2D eigenvalue weighted by Crippen LogP contribution is -2.29. The zero-order valence-electron chi connectivity index (χ0n) is 12.4. The average molecular weight is 309 g/mol. The number of likely N-dealkylation sites (N-methyl/N-ethyl adjacent to an activating group) is 1. The Morgan fingerprint density at radius 2 is 1.90 bits per heavy atom. The Balaban J connectivity index is 1.63. The highest BCUT2D eigenvalue weighted by Crippen LogP contribution is 2.27. The fraction of sp³-hybridized carbons (Fsp3) is 0.600. The first kappa shape index (κ1) is 14.8. The van der Waals surface area contributed by atoms with E-state index < -0.39 is 10.0 Å². The molecule has 2 N–H and O–H groups in total. The van der Waals surface area contributed by atoms with Crippen LogP contribution in [0.3, 0.4) is 0 Å². The summed E-state index contributed by atoms with van der Waals surface area (Å²) in [4.78, 5) is 2.68. The molecule has 1 aromatic carbocycles. The second-order valence-corrected chi connectivity index (χ2v) is 7.71. The monoisotopic (exact) mass is 309 g/mol. The minimum Gasteiger partial charge on any atom is -0.383 e. The summed E-state index contributed by atoms with van der Waals surface area (Å²) in [7, 11) is -1.29. The molecule has 116 valence electrons. The van der Waals surface area contributed by atoms with Gasteiger partial charge in [0, 0.05) is 25.2 Å². The third kappa shape index (κ3) is 3.96. The number of rotatable bonds is 8. The van der Waals surface area contributed by atoms with Gasteiger partial charge >= 0.3 is 0 Å². The van der Waals surface area contributed by atoms with Crippen molar-refractivity contribution in [3.8, 4) is 0 Å². The molecule has 6 heteroatoms. The van der Waals surface area contributed by atoms with Crippen LogP contribution >= 0.6 is 0 Å². The van der Waals surface area contributed by atoms with Gasteiger partial charge < -0.3 is 10.2 Å². The van der Waals surface area contributed by atoms with Crippen molar-refractivity contribution < 1.29 is 8.42 Å². The van der Waals surface area contributed by atoms with Crippen LogP contribution in [0.25, 0.3) is 0 Å². The van der Waals surface area contributed by atoms with E-state index in [2.05, 4.69) is 22.0 Å². The first-order valence-electron chi connectivity index (χ1n) is 7.62. The molecule has 2 aliphatic rings. The Morgan fingerprint density at radius 1 is 1.19 bits per heavy atom. The fourth-order valence-corrected chi connectivity index (χ4v) is 3.88. The predicted molar refractivity (Wildman–Crippen MR) is 83.9 cm³/mol. The first-order chi connectivity index (χ1) is 10.1. The van der Waals surface area contributed by atoms with Gasteiger partial charge in [-0.05, 0) is 44.9 Å². The van der Waals surface area contributed by atoms with E-state index in [9.17, 15) is 8.42 Å². The Labute approximate surface area is 126 Å². The third-order valence-corrected chi connectivity index (χ3v) is 5.60. The van der Waals surface area contributed by atoms with Gasteiger partial charge in [-0.25, -0.2) is 13.1 Å². The maximum Gasteiger partial charge on any atom is 0.242 e. The van der Waals surface area contributed by atoms with Crippen molar-refractivity contribution >= 4 is 15.7 Å². The topological polar surface area (TPSA) is 61.4 Å². The number of sulfonamides is 1. The van der Waals surface area contributed by atoms with Gasteiger partial charge in [-0.3, -0.25) is 0 Å². The lowest BCUT2D eigenvalue weighted by atomic mass is 10.3. The molecule has 0 heterocycles. The van der Waals surface area contributed by atoms with Crippen LogP contribution in [-0.4, -0.2) is 45.5 Å². The summed E-state index contributed by atoms with van der Waals surface area (Å²) in [5.41, 5.74) is 0.690. The van der Waals surface area contributed by atoms with Crippen LogP contribution in [0.4, 0.5) is 5.69 Å². The number of benzene rings is 1. The Kier molecular flexibility index (Phi) is 4.19. The van der Waals surface area contributed by atoms with Gasteiger partial charge in [0.25, 0.3) is 0 Å². The highest BCUT2D eigenvalue weighted by molar-refractivity contribution is 7.89. The zero-order valence-corrected chi connectivity index (χ0v) is 13.2. The fourth-order valence-electron chi connectivity index (χ4n) is 2.40. The van der Waals surface area contributed by atoms with Crippen molar-refractivity contribution in [1.29, 1.82) is 0 Å². The van der Waals surface area contributed by atoms with Gasteiger partial charge in [-0.1, -0.05) is 12.1 Å². The largest absolute Gasteiger partial charge is 0.383 e. The summed E-state index contributed by atoms with van der Waals surface area (Å²) in [6, 6.07) is 7.98. The van der Waals surface area contributed by atoms with E-state index in [1.807, 2.05) is 12.1 Å². The summed E-state index contributed by atoms with van der Waals surface area (Å²) in [6.07, 6.45) is 4.46. The van der Waals surface area contributed by atoms with Crippen LogP contribution in [0.15, 0.2) is 29.2 Å². The van der Waals surface area contributed by atoms with Crippen molar-refractivity contribution in [2.24, 2.45) is 0 Å². The molecule has 2 fully saturated rings. The summed E-state index contributed by atoms with van der Waals surface area (Å²) >= 11 is 0. The molecule has 2 saturated carbocycles. The maximum atomic E-state index is 12.4. The first-order valence-corrected chi connectivity index (χ1v) is 9.10. The van der Waals surface area contributed by atoms with E-state index in [1.165, 1.54) is 12.8 Å².